The first-order chi connectivity index (χ1) is 15.2. The quantitative estimate of drug-likeness (QED) is 0.432. The number of rotatable bonds is 7. The number of aromatic nitrogens is 3. The number of nitrogens with one attached hydrogen (secondary N) is 1. The minimum absolute atomic E-state index is 0.189. The SMILES string of the molecule is CCOC(=O)COc1ccccc1[C@@H]1Nc2ccccc2-c2nnc(SCC)nc2O1. The molecule has 0 amide bonds. The van der Waals surface area contributed by atoms with Gasteiger partial charge in [0.2, 0.25) is 17.3 Å². The highest BCUT2D eigenvalue weighted by molar-refractivity contribution is 7.99. The summed E-state index contributed by atoms with van der Waals surface area (Å²) in [5, 5.41) is 12.5. The first-order valence-electron chi connectivity index (χ1n) is 9.97. The number of para-hydroxylation sites is 2. The summed E-state index contributed by atoms with van der Waals surface area (Å²) >= 11 is 1.49. The van der Waals surface area contributed by atoms with Crippen molar-refractivity contribution in [1.82, 2.24) is 15.2 Å². The van der Waals surface area contributed by atoms with E-state index in [9.17, 15) is 4.79 Å². The molecule has 1 N–H and O–H groups in total. The van der Waals surface area contributed by atoms with Gasteiger partial charge in [0.15, 0.2) is 12.3 Å². The molecule has 0 aliphatic carbocycles. The Morgan fingerprint density at radius 2 is 1.94 bits per heavy atom. The van der Waals surface area contributed by atoms with Crippen LogP contribution in [0.4, 0.5) is 5.69 Å². The third kappa shape index (κ3) is 4.72. The van der Waals surface area contributed by atoms with E-state index in [2.05, 4.69) is 20.5 Å². The minimum atomic E-state index is -0.614. The van der Waals surface area contributed by atoms with Gasteiger partial charge >= 0.3 is 5.97 Å². The summed E-state index contributed by atoms with van der Waals surface area (Å²) in [6.07, 6.45) is -0.614. The van der Waals surface area contributed by atoms with Crippen LogP contribution in [0, 0.1) is 0 Å². The maximum absolute atomic E-state index is 11.8. The molecule has 8 nitrogen and oxygen atoms in total. The van der Waals surface area contributed by atoms with E-state index in [1.807, 2.05) is 49.4 Å². The van der Waals surface area contributed by atoms with Crippen molar-refractivity contribution in [2.24, 2.45) is 0 Å². The fraction of sp³-hybridized carbons (Fsp3) is 0.273. The van der Waals surface area contributed by atoms with Crippen LogP contribution in [0.2, 0.25) is 0 Å². The van der Waals surface area contributed by atoms with Crippen molar-refractivity contribution in [2.45, 2.75) is 25.2 Å². The standard InChI is InChI=1S/C22H22N4O4S/c1-3-28-18(27)13-29-17-12-8-6-10-15(17)20-23-16-11-7-5-9-14(16)19-21(30-20)24-22(26-25-19)31-4-2/h5-12,20,23H,3-4,13H2,1-2H3/t20-/m1/s1. The van der Waals surface area contributed by atoms with Gasteiger partial charge < -0.3 is 19.5 Å². The monoisotopic (exact) mass is 438 g/mol. The Labute approximate surface area is 184 Å². The largest absolute Gasteiger partial charge is 0.481 e. The summed E-state index contributed by atoms with van der Waals surface area (Å²) in [6.45, 7) is 3.89. The molecule has 2 aromatic carbocycles. The Hall–Kier alpha value is -3.33. The van der Waals surface area contributed by atoms with Gasteiger partial charge in [-0.25, -0.2) is 4.79 Å². The van der Waals surface area contributed by atoms with Gasteiger partial charge in [0.05, 0.1) is 12.2 Å². The number of carbonyl (C=O) groups excluding carboxylic acids is 1. The molecular weight excluding hydrogens is 416 g/mol. The van der Waals surface area contributed by atoms with Gasteiger partial charge in [-0.3, -0.25) is 0 Å². The number of hydrogen-bond donors (Lipinski definition) is 1. The average Bonchev–Trinajstić information content (AvgIpc) is 2.95. The molecule has 2 heterocycles. The van der Waals surface area contributed by atoms with Crippen LogP contribution in [0.25, 0.3) is 11.3 Å². The number of ether oxygens (including phenoxy) is 3. The molecule has 4 rings (SSSR count). The Balaban J connectivity index is 1.71. The Bertz CT molecular complexity index is 1080. The van der Waals surface area contributed by atoms with Crippen LogP contribution >= 0.6 is 11.8 Å². The van der Waals surface area contributed by atoms with E-state index in [1.165, 1.54) is 11.8 Å². The summed E-state index contributed by atoms with van der Waals surface area (Å²) < 4.78 is 17.0. The lowest BCUT2D eigenvalue weighted by Crippen LogP contribution is -2.20. The fourth-order valence-corrected chi connectivity index (χ4v) is 3.65. The lowest BCUT2D eigenvalue weighted by atomic mass is 10.1. The molecule has 3 aromatic rings. The molecule has 160 valence electrons. The molecule has 0 radical (unpaired) electrons. The van der Waals surface area contributed by atoms with Crippen LogP contribution in [-0.2, 0) is 9.53 Å². The van der Waals surface area contributed by atoms with Crippen LogP contribution in [-0.4, -0.2) is 40.1 Å². The number of esters is 1. The molecular formula is C22H22N4O4S. The molecule has 0 unspecified atom stereocenters. The zero-order valence-electron chi connectivity index (χ0n) is 17.2. The molecule has 0 fully saturated rings. The zero-order valence-corrected chi connectivity index (χ0v) is 18.0. The van der Waals surface area contributed by atoms with E-state index >= 15 is 0 Å². The van der Waals surface area contributed by atoms with E-state index in [1.54, 1.807) is 13.0 Å². The van der Waals surface area contributed by atoms with E-state index in [4.69, 9.17) is 14.2 Å². The van der Waals surface area contributed by atoms with Gasteiger partial charge in [-0.05, 0) is 30.9 Å². The summed E-state index contributed by atoms with van der Waals surface area (Å²) in [6, 6.07) is 15.1. The predicted octanol–water partition coefficient (Wildman–Crippen LogP) is 4.10. The fourth-order valence-electron chi connectivity index (χ4n) is 3.15. The number of benzene rings is 2. The maximum atomic E-state index is 11.8. The lowest BCUT2D eigenvalue weighted by Gasteiger charge is -2.21. The molecule has 1 aliphatic rings. The topological polar surface area (TPSA) is 95.5 Å². The van der Waals surface area contributed by atoms with Gasteiger partial charge in [-0.2, -0.15) is 4.98 Å². The minimum Gasteiger partial charge on any atom is -0.481 e. The number of thioether (sulfide) groups is 1. The number of hydrogen-bond acceptors (Lipinski definition) is 9. The molecule has 1 aromatic heterocycles. The second-order valence-corrected chi connectivity index (χ2v) is 7.73. The summed E-state index contributed by atoms with van der Waals surface area (Å²) in [4.78, 5) is 16.3. The average molecular weight is 439 g/mol. The summed E-state index contributed by atoms with van der Waals surface area (Å²) in [5.41, 5.74) is 2.96. The van der Waals surface area contributed by atoms with Crippen molar-refractivity contribution < 1.29 is 19.0 Å². The van der Waals surface area contributed by atoms with Crippen molar-refractivity contribution in [3.63, 3.8) is 0 Å². The van der Waals surface area contributed by atoms with Gasteiger partial charge in [-0.15, -0.1) is 10.2 Å². The highest BCUT2D eigenvalue weighted by Crippen LogP contribution is 2.40. The van der Waals surface area contributed by atoms with Crippen molar-refractivity contribution in [1.29, 1.82) is 0 Å². The van der Waals surface area contributed by atoms with Crippen molar-refractivity contribution in [3.8, 4) is 22.9 Å². The highest BCUT2D eigenvalue weighted by Gasteiger charge is 2.28. The maximum Gasteiger partial charge on any atom is 0.344 e. The second-order valence-electron chi connectivity index (χ2n) is 6.50. The molecule has 0 saturated heterocycles. The van der Waals surface area contributed by atoms with Gasteiger partial charge in [-0.1, -0.05) is 49.0 Å². The number of nitrogens with zero attached hydrogens (tertiary/aromatic N) is 3. The molecule has 9 heteroatoms. The second kappa shape index (κ2) is 9.65. The normalized spacial score (nSPS) is 14.3. The molecule has 0 saturated carbocycles. The Morgan fingerprint density at radius 1 is 1.13 bits per heavy atom. The van der Waals surface area contributed by atoms with Crippen molar-refractivity contribution in [2.75, 3.05) is 24.3 Å². The Kier molecular flexibility index (Phi) is 6.51. The zero-order chi connectivity index (χ0) is 21.6. The third-order valence-electron chi connectivity index (χ3n) is 4.46. The highest BCUT2D eigenvalue weighted by atomic mass is 32.2. The van der Waals surface area contributed by atoms with Crippen LogP contribution in [0.15, 0.2) is 53.7 Å². The van der Waals surface area contributed by atoms with Crippen LogP contribution in [0.3, 0.4) is 0 Å². The van der Waals surface area contributed by atoms with Crippen LogP contribution in [0.5, 0.6) is 11.6 Å². The number of fused-ring (bicyclic) bond motifs is 3. The number of carbonyl (C=O) groups is 1. The Morgan fingerprint density at radius 3 is 2.77 bits per heavy atom. The van der Waals surface area contributed by atoms with Crippen LogP contribution < -0.4 is 14.8 Å². The lowest BCUT2D eigenvalue weighted by molar-refractivity contribution is -0.145. The predicted molar refractivity (Wildman–Crippen MR) is 117 cm³/mol. The number of anilines is 1. The smallest absolute Gasteiger partial charge is 0.344 e. The van der Waals surface area contributed by atoms with E-state index in [-0.39, 0.29) is 6.61 Å². The van der Waals surface area contributed by atoms with Gasteiger partial charge in [0, 0.05) is 11.3 Å². The summed E-state index contributed by atoms with van der Waals surface area (Å²) in [5.74, 6) is 1.29. The van der Waals surface area contributed by atoms with Crippen molar-refractivity contribution >= 4 is 23.4 Å². The molecule has 0 spiro atoms. The molecule has 1 aliphatic heterocycles. The van der Waals surface area contributed by atoms with E-state index < -0.39 is 12.2 Å². The van der Waals surface area contributed by atoms with Gasteiger partial charge in [0.25, 0.3) is 0 Å². The molecule has 1 atom stereocenters. The van der Waals surface area contributed by atoms with Gasteiger partial charge in [0.1, 0.15) is 5.75 Å². The van der Waals surface area contributed by atoms with E-state index in [0.717, 1.165) is 22.6 Å². The van der Waals surface area contributed by atoms with Crippen LogP contribution in [0.1, 0.15) is 25.6 Å². The third-order valence-corrected chi connectivity index (χ3v) is 5.18. The molecule has 31 heavy (non-hydrogen) atoms. The first-order valence-corrected chi connectivity index (χ1v) is 11.0. The summed E-state index contributed by atoms with van der Waals surface area (Å²) in [7, 11) is 0. The van der Waals surface area contributed by atoms with E-state index in [0.29, 0.717) is 29.1 Å². The van der Waals surface area contributed by atoms with Crippen molar-refractivity contribution in [3.05, 3.63) is 54.1 Å². The molecule has 0 bridgehead atoms. The first kappa shape index (κ1) is 20.9.